The predicted octanol–water partition coefficient (Wildman–Crippen LogP) is 10.4. The van der Waals surface area contributed by atoms with Gasteiger partial charge in [0.2, 0.25) is 0 Å². The average Bonchev–Trinajstić information content (AvgIpc) is 2.99. The molecule has 0 radical (unpaired) electrons. The quantitative estimate of drug-likeness (QED) is 0.0888. The molecule has 0 aliphatic rings. The van der Waals surface area contributed by atoms with Crippen LogP contribution in [0.15, 0.2) is 59.3 Å². The summed E-state index contributed by atoms with van der Waals surface area (Å²) in [5.41, 5.74) is 2.31. The van der Waals surface area contributed by atoms with Gasteiger partial charge in [0.25, 0.3) is 0 Å². The molecule has 1 atom stereocenters. The van der Waals surface area contributed by atoms with E-state index < -0.39 is 0 Å². The van der Waals surface area contributed by atoms with E-state index in [1.807, 2.05) is 30.6 Å². The summed E-state index contributed by atoms with van der Waals surface area (Å²) in [5.74, 6) is 0. The number of rotatable bonds is 27. The van der Waals surface area contributed by atoms with Crippen LogP contribution in [-0.4, -0.2) is 28.2 Å². The summed E-state index contributed by atoms with van der Waals surface area (Å²) in [5, 5.41) is 18.9. The third kappa shape index (κ3) is 19.8. The number of aromatic nitrogens is 2. The number of aryl methyl sites for hydroxylation is 1. The van der Waals surface area contributed by atoms with Crippen LogP contribution >= 0.6 is 0 Å². The molecule has 0 bridgehead atoms. The lowest BCUT2D eigenvalue weighted by Crippen LogP contribution is -1.97. The van der Waals surface area contributed by atoms with Crippen molar-refractivity contribution in [2.24, 2.45) is 10.2 Å². The van der Waals surface area contributed by atoms with Gasteiger partial charge in [-0.1, -0.05) is 121 Å². The second kappa shape index (κ2) is 25.8. The highest BCUT2D eigenvalue weighted by molar-refractivity contribution is 5.11. The van der Waals surface area contributed by atoms with Gasteiger partial charge in [0.05, 0.1) is 19.2 Å². The first-order valence-electron chi connectivity index (χ1n) is 16.7. The molecular formula is C35H58N4O. The van der Waals surface area contributed by atoms with Crippen molar-refractivity contribution in [3.05, 3.63) is 60.2 Å². The third-order valence-corrected chi connectivity index (χ3v) is 7.85. The molecule has 2 aromatic heterocycles. The van der Waals surface area contributed by atoms with Gasteiger partial charge in [0.15, 0.2) is 0 Å². The Balaban J connectivity index is 1.20. The van der Waals surface area contributed by atoms with E-state index in [-0.39, 0.29) is 6.10 Å². The van der Waals surface area contributed by atoms with Gasteiger partial charge in [-0.25, -0.2) is 0 Å². The number of unbranched alkanes of at least 4 members (excludes halogenated alkanes) is 18. The Bertz CT molecular complexity index is 815. The Hall–Kier alpha value is -2.14. The molecule has 2 aromatic rings. The van der Waals surface area contributed by atoms with Crippen LogP contribution in [0.25, 0.3) is 0 Å². The maximum Gasteiger partial charge on any atom is 0.0804 e. The molecule has 1 N–H and O–H groups in total. The van der Waals surface area contributed by atoms with E-state index in [0.717, 1.165) is 31.5 Å². The van der Waals surface area contributed by atoms with Crippen molar-refractivity contribution < 1.29 is 5.11 Å². The van der Waals surface area contributed by atoms with Crippen molar-refractivity contribution in [3.63, 3.8) is 0 Å². The molecule has 0 fully saturated rings. The highest BCUT2D eigenvalue weighted by Gasteiger charge is 2.06. The number of aliphatic hydroxyl groups is 1. The van der Waals surface area contributed by atoms with E-state index in [2.05, 4.69) is 26.3 Å². The molecule has 0 amide bonds. The summed E-state index contributed by atoms with van der Waals surface area (Å²) >= 11 is 0. The van der Waals surface area contributed by atoms with Gasteiger partial charge < -0.3 is 5.11 Å². The Morgan fingerprint density at radius 2 is 0.975 bits per heavy atom. The maximum absolute atomic E-state index is 10.2. The first-order chi connectivity index (χ1) is 19.9. The zero-order chi connectivity index (χ0) is 28.2. The average molecular weight is 551 g/mol. The van der Waals surface area contributed by atoms with E-state index in [1.165, 1.54) is 134 Å². The molecule has 0 aliphatic carbocycles. The topological polar surface area (TPSA) is 70.7 Å². The SMILES string of the molecule is OC(CCCCCCCCCCCN=NCCCCCCCCCCCCCc1cccnc1)c1cccnc1. The van der Waals surface area contributed by atoms with E-state index in [1.54, 1.807) is 12.4 Å². The summed E-state index contributed by atoms with van der Waals surface area (Å²) in [6, 6.07) is 8.07. The number of pyridine rings is 2. The number of hydrogen-bond acceptors (Lipinski definition) is 5. The van der Waals surface area contributed by atoms with Gasteiger partial charge in [-0.15, -0.1) is 0 Å². The summed E-state index contributed by atoms with van der Waals surface area (Å²) in [6.45, 7) is 1.82. The Labute approximate surface area is 245 Å². The van der Waals surface area contributed by atoms with Crippen LogP contribution in [0.3, 0.4) is 0 Å². The van der Waals surface area contributed by atoms with Crippen LogP contribution in [0.4, 0.5) is 0 Å². The monoisotopic (exact) mass is 550 g/mol. The molecule has 2 heterocycles. The highest BCUT2D eigenvalue weighted by atomic mass is 16.3. The highest BCUT2D eigenvalue weighted by Crippen LogP contribution is 2.19. The van der Waals surface area contributed by atoms with Crippen molar-refractivity contribution in [1.29, 1.82) is 0 Å². The van der Waals surface area contributed by atoms with Crippen LogP contribution < -0.4 is 0 Å². The summed E-state index contributed by atoms with van der Waals surface area (Å²) in [4.78, 5) is 8.27. The fraction of sp³-hybridized carbons (Fsp3) is 0.714. The zero-order valence-electron chi connectivity index (χ0n) is 25.4. The van der Waals surface area contributed by atoms with Gasteiger partial charge in [-0.2, -0.15) is 10.2 Å². The molecule has 2 rings (SSSR count). The number of nitrogens with zero attached hydrogens (tertiary/aromatic N) is 4. The summed E-state index contributed by atoms with van der Waals surface area (Å²) < 4.78 is 0. The van der Waals surface area contributed by atoms with Crippen molar-refractivity contribution in [2.75, 3.05) is 13.1 Å². The van der Waals surface area contributed by atoms with Crippen LogP contribution in [0.1, 0.15) is 152 Å². The van der Waals surface area contributed by atoms with Crippen molar-refractivity contribution >= 4 is 0 Å². The maximum atomic E-state index is 10.2. The van der Waals surface area contributed by atoms with Gasteiger partial charge in [0, 0.05) is 24.8 Å². The second-order valence-electron chi connectivity index (χ2n) is 11.5. The molecule has 0 aromatic carbocycles. The predicted molar refractivity (Wildman–Crippen MR) is 169 cm³/mol. The molecular weight excluding hydrogens is 492 g/mol. The molecule has 5 nitrogen and oxygen atoms in total. The number of aliphatic hydroxyl groups excluding tert-OH is 1. The van der Waals surface area contributed by atoms with Crippen LogP contribution in [0.2, 0.25) is 0 Å². The Morgan fingerprint density at radius 1 is 0.525 bits per heavy atom. The summed E-state index contributed by atoms with van der Waals surface area (Å²) in [7, 11) is 0. The normalized spacial score (nSPS) is 12.3. The lowest BCUT2D eigenvalue weighted by Gasteiger charge is -2.10. The standard InChI is InChI=1S/C35H58N4O/c40-35(34-25-22-28-37-32-34)26-18-14-10-6-4-8-12-16-20-30-39-38-29-19-15-11-7-3-1-2-5-9-13-17-23-33-24-21-27-36-31-33/h21-22,24-25,27-28,31-32,35,40H,1-20,23,26,29-30H2. The molecule has 0 aliphatic heterocycles. The minimum atomic E-state index is -0.361. The van der Waals surface area contributed by atoms with E-state index >= 15 is 0 Å². The van der Waals surface area contributed by atoms with Crippen molar-refractivity contribution in [3.8, 4) is 0 Å². The van der Waals surface area contributed by atoms with Crippen molar-refractivity contribution in [1.82, 2.24) is 9.97 Å². The first-order valence-corrected chi connectivity index (χ1v) is 16.7. The van der Waals surface area contributed by atoms with E-state index in [0.29, 0.717) is 0 Å². The fourth-order valence-electron chi connectivity index (χ4n) is 5.29. The fourth-order valence-corrected chi connectivity index (χ4v) is 5.29. The summed E-state index contributed by atoms with van der Waals surface area (Å²) in [6.07, 6.45) is 35.3. The van der Waals surface area contributed by atoms with Crippen LogP contribution in [0, 0.1) is 0 Å². The lowest BCUT2D eigenvalue weighted by molar-refractivity contribution is 0.163. The van der Waals surface area contributed by atoms with Gasteiger partial charge >= 0.3 is 0 Å². The third-order valence-electron chi connectivity index (χ3n) is 7.85. The minimum absolute atomic E-state index is 0.361. The minimum Gasteiger partial charge on any atom is -0.388 e. The number of hydrogen-bond donors (Lipinski definition) is 1. The molecule has 5 heteroatoms. The van der Waals surface area contributed by atoms with Crippen molar-refractivity contribution in [2.45, 2.75) is 147 Å². The van der Waals surface area contributed by atoms with Crippen LogP contribution in [-0.2, 0) is 6.42 Å². The molecule has 0 saturated carbocycles. The largest absolute Gasteiger partial charge is 0.388 e. The Morgan fingerprint density at radius 3 is 1.45 bits per heavy atom. The smallest absolute Gasteiger partial charge is 0.0804 e. The lowest BCUT2D eigenvalue weighted by atomic mass is 10.0. The number of azo groups is 1. The first kappa shape index (κ1) is 34.1. The van der Waals surface area contributed by atoms with E-state index in [9.17, 15) is 5.11 Å². The van der Waals surface area contributed by atoms with Gasteiger partial charge in [-0.05, 0) is 55.4 Å². The molecule has 0 saturated heterocycles. The van der Waals surface area contributed by atoms with Crippen LogP contribution in [0.5, 0.6) is 0 Å². The molecule has 224 valence electrons. The van der Waals surface area contributed by atoms with Gasteiger partial charge in [0.1, 0.15) is 0 Å². The second-order valence-corrected chi connectivity index (χ2v) is 11.5. The molecule has 1 unspecified atom stereocenters. The zero-order valence-corrected chi connectivity index (χ0v) is 25.4. The Kier molecular flexibility index (Phi) is 22.0. The van der Waals surface area contributed by atoms with Gasteiger partial charge in [-0.3, -0.25) is 9.97 Å². The molecule has 0 spiro atoms. The van der Waals surface area contributed by atoms with E-state index in [4.69, 9.17) is 0 Å². The molecule has 40 heavy (non-hydrogen) atoms.